The van der Waals surface area contributed by atoms with Gasteiger partial charge in [-0.05, 0) is 90.9 Å². The Kier molecular flexibility index (Phi) is 7.13. The van der Waals surface area contributed by atoms with Gasteiger partial charge in [0.05, 0.1) is 38.7 Å². The molecule has 282 valence electrons. The number of phenolic OH excluding ortho intramolecular Hbond substituents is 1. The molecule has 0 spiro atoms. The van der Waals surface area contributed by atoms with Crippen LogP contribution in [0, 0.1) is 0 Å². The van der Waals surface area contributed by atoms with Gasteiger partial charge in [-0.3, -0.25) is 9.38 Å². The van der Waals surface area contributed by atoms with Gasteiger partial charge in [-0.2, -0.15) is 0 Å². The van der Waals surface area contributed by atoms with Gasteiger partial charge in [0.1, 0.15) is 17.2 Å². The molecule has 0 amide bonds. The van der Waals surface area contributed by atoms with Crippen LogP contribution in [0.15, 0.2) is 144 Å². The summed E-state index contributed by atoms with van der Waals surface area (Å²) in [5.74, 6) is 0.952. The normalized spacial score (nSPS) is 12.7. The molecular weight excluding hydrogens is 713 g/mol. The standard InChI is InChI=1S/C52H42N4O2/c1-51(2,3)40-21-9-7-16-33(40)31-24-25-45-38(27-31)46-37-20-12-19-35-39-29-53-41(28-43(39)55(48(35)37)50(46)58-45)32-15-11-14-30(26-32)34-18-13-22-42-47(34)54-49(56(42)52(4,5)6)36-17-8-10-23-44(36)57/h7-29,57H,1-6H3. The molecule has 6 aromatic carbocycles. The van der Waals surface area contributed by atoms with Crippen LogP contribution in [-0.2, 0) is 11.0 Å². The van der Waals surface area contributed by atoms with Crippen LogP contribution in [-0.4, -0.2) is 24.0 Å². The van der Waals surface area contributed by atoms with Crippen LogP contribution in [0.25, 0.3) is 105 Å². The number of hydrogen-bond donors (Lipinski definition) is 1. The second kappa shape index (κ2) is 12.0. The summed E-state index contributed by atoms with van der Waals surface area (Å²) in [4.78, 5) is 10.3. The number of imidazole rings is 1. The largest absolute Gasteiger partial charge is 0.507 e. The summed E-state index contributed by atoms with van der Waals surface area (Å²) in [6.07, 6.45) is 2.01. The molecular formula is C52H42N4O2. The molecule has 0 radical (unpaired) electrons. The van der Waals surface area contributed by atoms with Crippen molar-refractivity contribution >= 4 is 60.3 Å². The number of rotatable bonds is 4. The van der Waals surface area contributed by atoms with Gasteiger partial charge in [0.2, 0.25) is 5.71 Å². The highest BCUT2D eigenvalue weighted by Gasteiger charge is 2.27. The topological polar surface area (TPSA) is 68.5 Å². The maximum absolute atomic E-state index is 10.9. The summed E-state index contributed by atoms with van der Waals surface area (Å²) in [7, 11) is 0. The monoisotopic (exact) mass is 754 g/mol. The number of furan rings is 1. The highest BCUT2D eigenvalue weighted by atomic mass is 16.3. The third kappa shape index (κ3) is 4.97. The van der Waals surface area contributed by atoms with Crippen LogP contribution in [0.4, 0.5) is 0 Å². The third-order valence-electron chi connectivity index (χ3n) is 11.8. The SMILES string of the molecule is CC(C)(C)c1ccccc1-c1ccc2oc3c(c2c1)c1cccc2c4cnc(-c5cccc(-c6cccc7c6nc(-c6ccccc6O)n7C(C)(C)C)c5)cc4n3c21. The minimum Gasteiger partial charge on any atom is -0.507 e. The lowest BCUT2D eigenvalue weighted by atomic mass is 9.82. The van der Waals surface area contributed by atoms with Crippen molar-refractivity contribution in [3.8, 4) is 50.6 Å². The van der Waals surface area contributed by atoms with Crippen LogP contribution in [0.2, 0.25) is 0 Å². The maximum atomic E-state index is 10.9. The van der Waals surface area contributed by atoms with Gasteiger partial charge < -0.3 is 14.1 Å². The predicted octanol–water partition coefficient (Wildman–Crippen LogP) is 13.8. The van der Waals surface area contributed by atoms with E-state index in [1.807, 2.05) is 24.4 Å². The average molecular weight is 755 g/mol. The molecule has 5 heterocycles. The van der Waals surface area contributed by atoms with Gasteiger partial charge in [0, 0.05) is 44.4 Å². The van der Waals surface area contributed by atoms with Gasteiger partial charge in [-0.15, -0.1) is 0 Å². The highest BCUT2D eigenvalue weighted by molar-refractivity contribution is 6.28. The average Bonchev–Trinajstić information content (AvgIpc) is 3.96. The van der Waals surface area contributed by atoms with Crippen molar-refractivity contribution in [3.05, 3.63) is 145 Å². The molecule has 0 saturated carbocycles. The van der Waals surface area contributed by atoms with Crippen molar-refractivity contribution in [2.45, 2.75) is 52.5 Å². The van der Waals surface area contributed by atoms with Gasteiger partial charge in [0.25, 0.3) is 0 Å². The van der Waals surface area contributed by atoms with Crippen molar-refractivity contribution in [2.75, 3.05) is 0 Å². The first-order chi connectivity index (χ1) is 28.0. The fourth-order valence-corrected chi connectivity index (χ4v) is 9.29. The van der Waals surface area contributed by atoms with Crippen molar-refractivity contribution < 1.29 is 9.52 Å². The molecule has 0 atom stereocenters. The highest BCUT2D eigenvalue weighted by Crippen LogP contribution is 2.45. The molecule has 6 nitrogen and oxygen atoms in total. The summed E-state index contributed by atoms with van der Waals surface area (Å²) in [5, 5.41) is 16.6. The van der Waals surface area contributed by atoms with Gasteiger partial charge >= 0.3 is 0 Å². The van der Waals surface area contributed by atoms with E-state index in [4.69, 9.17) is 14.4 Å². The van der Waals surface area contributed by atoms with E-state index in [0.29, 0.717) is 5.56 Å². The van der Waals surface area contributed by atoms with E-state index in [1.165, 1.54) is 22.1 Å². The first kappa shape index (κ1) is 34.3. The lowest BCUT2D eigenvalue weighted by Crippen LogP contribution is -2.22. The van der Waals surface area contributed by atoms with E-state index in [9.17, 15) is 5.11 Å². The van der Waals surface area contributed by atoms with Crippen LogP contribution in [0.3, 0.4) is 0 Å². The molecule has 58 heavy (non-hydrogen) atoms. The second-order valence-electron chi connectivity index (χ2n) is 17.6. The molecule has 0 aliphatic rings. The van der Waals surface area contributed by atoms with E-state index >= 15 is 0 Å². The first-order valence-corrected chi connectivity index (χ1v) is 20.0. The number of aromatic hydroxyl groups is 1. The zero-order valence-electron chi connectivity index (χ0n) is 33.4. The summed E-state index contributed by atoms with van der Waals surface area (Å²) in [6.45, 7) is 13.3. The number of fused-ring (bicyclic) bond motifs is 9. The van der Waals surface area contributed by atoms with Crippen LogP contribution in [0.5, 0.6) is 5.75 Å². The Bertz CT molecular complexity index is 3440. The Hall–Kier alpha value is -6.92. The zero-order valence-corrected chi connectivity index (χ0v) is 33.4. The third-order valence-corrected chi connectivity index (χ3v) is 11.8. The lowest BCUT2D eigenvalue weighted by molar-refractivity contribution is 0.411. The van der Waals surface area contributed by atoms with Gasteiger partial charge in [-0.25, -0.2) is 4.98 Å². The van der Waals surface area contributed by atoms with E-state index in [-0.39, 0.29) is 16.7 Å². The number of para-hydroxylation sites is 3. The molecule has 11 aromatic rings. The lowest BCUT2D eigenvalue weighted by Gasteiger charge is -2.25. The quantitative estimate of drug-likeness (QED) is 0.194. The van der Waals surface area contributed by atoms with E-state index in [2.05, 4.69) is 160 Å². The minimum absolute atomic E-state index is 0.0112. The molecule has 6 heteroatoms. The summed E-state index contributed by atoms with van der Waals surface area (Å²) in [5.41, 5.74) is 14.0. The van der Waals surface area contributed by atoms with Crippen LogP contribution < -0.4 is 0 Å². The van der Waals surface area contributed by atoms with Crippen molar-refractivity contribution in [1.29, 1.82) is 0 Å². The van der Waals surface area contributed by atoms with Gasteiger partial charge in [-0.1, -0.05) is 112 Å². The van der Waals surface area contributed by atoms with Crippen molar-refractivity contribution in [1.82, 2.24) is 18.9 Å². The molecule has 1 N–H and O–H groups in total. The molecule has 0 aliphatic carbocycles. The number of nitrogens with zero attached hydrogens (tertiary/aromatic N) is 4. The number of benzene rings is 6. The number of phenols is 1. The first-order valence-electron chi connectivity index (χ1n) is 20.0. The predicted molar refractivity (Wildman–Crippen MR) is 239 cm³/mol. The van der Waals surface area contributed by atoms with E-state index < -0.39 is 0 Å². The Balaban J connectivity index is 1.08. The Morgan fingerprint density at radius 3 is 2.10 bits per heavy atom. The fraction of sp³-hybridized carbons (Fsp3) is 0.154. The molecule has 5 aromatic heterocycles. The summed E-state index contributed by atoms with van der Waals surface area (Å²) < 4.78 is 11.3. The van der Waals surface area contributed by atoms with E-state index in [1.54, 1.807) is 6.07 Å². The Morgan fingerprint density at radius 1 is 0.586 bits per heavy atom. The molecule has 11 rings (SSSR count). The number of aromatic nitrogens is 4. The molecule has 0 bridgehead atoms. The van der Waals surface area contributed by atoms with Crippen molar-refractivity contribution in [3.63, 3.8) is 0 Å². The van der Waals surface area contributed by atoms with Gasteiger partial charge in [0.15, 0.2) is 0 Å². The molecule has 0 unspecified atom stereocenters. The second-order valence-corrected chi connectivity index (χ2v) is 17.6. The molecule has 0 saturated heterocycles. The fourth-order valence-electron chi connectivity index (χ4n) is 9.29. The Morgan fingerprint density at radius 2 is 1.29 bits per heavy atom. The number of hydrogen-bond acceptors (Lipinski definition) is 4. The maximum Gasteiger partial charge on any atom is 0.213 e. The molecule has 0 fully saturated rings. The minimum atomic E-state index is -0.284. The van der Waals surface area contributed by atoms with Crippen LogP contribution >= 0.6 is 0 Å². The molecule has 0 aliphatic heterocycles. The van der Waals surface area contributed by atoms with Crippen molar-refractivity contribution in [2.24, 2.45) is 0 Å². The Labute approximate surface area is 336 Å². The van der Waals surface area contributed by atoms with Crippen LogP contribution in [0.1, 0.15) is 47.1 Å². The zero-order chi connectivity index (χ0) is 39.7. The smallest absolute Gasteiger partial charge is 0.213 e. The number of pyridine rings is 1. The summed E-state index contributed by atoms with van der Waals surface area (Å²) in [6, 6.07) is 46.5. The van der Waals surface area contributed by atoms with E-state index in [0.717, 1.165) is 83.1 Å². The summed E-state index contributed by atoms with van der Waals surface area (Å²) >= 11 is 0.